The molecule has 1 unspecified atom stereocenters. The van der Waals surface area contributed by atoms with Gasteiger partial charge in [0.1, 0.15) is 0 Å². The normalized spacial score (nSPS) is 13.9. The molecule has 1 aromatic heterocycles. The quantitative estimate of drug-likeness (QED) is 0.788. The molecule has 16 heavy (non-hydrogen) atoms. The van der Waals surface area contributed by atoms with Gasteiger partial charge in [0.25, 0.3) is 5.92 Å². The van der Waals surface area contributed by atoms with Crippen molar-refractivity contribution in [3.05, 3.63) is 23.9 Å². The third-order valence-electron chi connectivity index (χ3n) is 2.90. The molecule has 0 bridgehead atoms. The minimum absolute atomic E-state index is 0.0606. The fourth-order valence-corrected chi connectivity index (χ4v) is 1.38. The van der Waals surface area contributed by atoms with Gasteiger partial charge in [0.2, 0.25) is 5.88 Å². The number of hydrogen-bond donors (Lipinski definition) is 0. The number of halogens is 2. The van der Waals surface area contributed by atoms with E-state index in [2.05, 4.69) is 4.98 Å². The van der Waals surface area contributed by atoms with Crippen molar-refractivity contribution in [2.24, 2.45) is 11.8 Å². The van der Waals surface area contributed by atoms with Crippen LogP contribution in [0.1, 0.15) is 26.3 Å². The topological polar surface area (TPSA) is 22.1 Å². The lowest BCUT2D eigenvalue weighted by Gasteiger charge is -2.26. The highest BCUT2D eigenvalue weighted by molar-refractivity contribution is 5.22. The highest BCUT2D eigenvalue weighted by atomic mass is 19.3. The van der Waals surface area contributed by atoms with E-state index in [4.69, 9.17) is 4.74 Å². The lowest BCUT2D eigenvalue weighted by Crippen LogP contribution is -2.27. The van der Waals surface area contributed by atoms with Crippen LogP contribution in [-0.2, 0) is 5.92 Å². The summed E-state index contributed by atoms with van der Waals surface area (Å²) in [6, 6.07) is 2.82. The lowest BCUT2D eigenvalue weighted by atomic mass is 9.88. The van der Waals surface area contributed by atoms with E-state index in [-0.39, 0.29) is 11.5 Å². The highest BCUT2D eigenvalue weighted by Crippen LogP contribution is 2.39. The molecule has 0 fully saturated rings. The molecular formula is C12H17F2NO. The molecule has 0 aliphatic heterocycles. The van der Waals surface area contributed by atoms with Gasteiger partial charge in [-0.25, -0.2) is 13.8 Å². The minimum atomic E-state index is -2.85. The Hall–Kier alpha value is -1.19. The van der Waals surface area contributed by atoms with Crippen LogP contribution < -0.4 is 4.74 Å². The molecule has 0 saturated heterocycles. The second-order valence-electron chi connectivity index (χ2n) is 4.24. The minimum Gasteiger partial charge on any atom is -0.481 e. The van der Waals surface area contributed by atoms with Crippen LogP contribution in [0.4, 0.5) is 8.78 Å². The Morgan fingerprint density at radius 3 is 2.25 bits per heavy atom. The maximum Gasteiger partial charge on any atom is 0.277 e. The Morgan fingerprint density at radius 1 is 1.25 bits per heavy atom. The molecule has 0 N–H and O–H groups in total. The Balaban J connectivity index is 2.97. The molecule has 1 atom stereocenters. The first-order chi connectivity index (χ1) is 7.39. The smallest absolute Gasteiger partial charge is 0.277 e. The van der Waals surface area contributed by atoms with Crippen molar-refractivity contribution in [3.8, 4) is 5.88 Å². The molecule has 1 rings (SSSR count). The van der Waals surface area contributed by atoms with Gasteiger partial charge in [0, 0.05) is 23.7 Å². The number of nitrogens with zero attached hydrogens (tertiary/aromatic N) is 1. The van der Waals surface area contributed by atoms with Crippen LogP contribution in [0.5, 0.6) is 5.88 Å². The van der Waals surface area contributed by atoms with E-state index in [1.807, 2.05) is 0 Å². The number of alkyl halides is 2. The zero-order valence-corrected chi connectivity index (χ0v) is 10.00. The summed E-state index contributed by atoms with van der Waals surface area (Å²) in [4.78, 5) is 3.80. The Labute approximate surface area is 94.7 Å². The number of pyridine rings is 1. The first-order valence-corrected chi connectivity index (χ1v) is 5.28. The summed E-state index contributed by atoms with van der Waals surface area (Å²) < 4.78 is 32.7. The molecule has 0 amide bonds. The zero-order valence-electron chi connectivity index (χ0n) is 10.00. The SMILES string of the molecule is COc1ccc(C(F)(F)C(C)C(C)C)cn1. The van der Waals surface area contributed by atoms with Gasteiger partial charge in [0.15, 0.2) is 0 Å². The second-order valence-corrected chi connectivity index (χ2v) is 4.24. The van der Waals surface area contributed by atoms with Crippen molar-refractivity contribution >= 4 is 0 Å². The number of hydrogen-bond acceptors (Lipinski definition) is 2. The molecular weight excluding hydrogens is 212 g/mol. The summed E-state index contributed by atoms with van der Waals surface area (Å²) in [5.41, 5.74) is -0.0606. The fraction of sp³-hybridized carbons (Fsp3) is 0.583. The number of aromatic nitrogens is 1. The van der Waals surface area contributed by atoms with Crippen LogP contribution in [0, 0.1) is 11.8 Å². The van der Waals surface area contributed by atoms with E-state index in [1.165, 1.54) is 25.4 Å². The van der Waals surface area contributed by atoms with Crippen molar-refractivity contribution in [1.29, 1.82) is 0 Å². The first kappa shape index (κ1) is 12.9. The number of rotatable bonds is 4. The Morgan fingerprint density at radius 2 is 1.88 bits per heavy atom. The molecule has 0 spiro atoms. The Bertz CT molecular complexity index is 335. The molecule has 0 aliphatic carbocycles. The van der Waals surface area contributed by atoms with E-state index in [9.17, 15) is 8.78 Å². The van der Waals surface area contributed by atoms with Crippen molar-refractivity contribution in [2.75, 3.05) is 7.11 Å². The maximum absolute atomic E-state index is 14.0. The van der Waals surface area contributed by atoms with E-state index in [0.29, 0.717) is 5.88 Å². The maximum atomic E-state index is 14.0. The van der Waals surface area contributed by atoms with Crippen molar-refractivity contribution in [3.63, 3.8) is 0 Å². The summed E-state index contributed by atoms with van der Waals surface area (Å²) in [6.45, 7) is 5.12. The summed E-state index contributed by atoms with van der Waals surface area (Å²) >= 11 is 0. The van der Waals surface area contributed by atoms with Gasteiger partial charge in [-0.2, -0.15) is 0 Å². The summed E-state index contributed by atoms with van der Waals surface area (Å²) in [7, 11) is 1.46. The van der Waals surface area contributed by atoms with Crippen LogP contribution in [0.15, 0.2) is 18.3 Å². The van der Waals surface area contributed by atoms with Gasteiger partial charge >= 0.3 is 0 Å². The van der Waals surface area contributed by atoms with Gasteiger partial charge in [-0.1, -0.05) is 20.8 Å². The third-order valence-corrected chi connectivity index (χ3v) is 2.90. The van der Waals surface area contributed by atoms with Crippen molar-refractivity contribution in [2.45, 2.75) is 26.7 Å². The molecule has 2 nitrogen and oxygen atoms in total. The standard InChI is InChI=1S/C12H17F2NO/c1-8(2)9(3)12(13,14)10-5-6-11(16-4)15-7-10/h5-9H,1-4H3. The van der Waals surface area contributed by atoms with Gasteiger partial charge in [-0.05, 0) is 12.0 Å². The largest absolute Gasteiger partial charge is 0.481 e. The number of ether oxygens (including phenoxy) is 1. The zero-order chi connectivity index (χ0) is 12.3. The van der Waals surface area contributed by atoms with Crippen LogP contribution in [-0.4, -0.2) is 12.1 Å². The fourth-order valence-electron chi connectivity index (χ4n) is 1.38. The predicted molar refractivity (Wildman–Crippen MR) is 58.7 cm³/mol. The average Bonchev–Trinajstić information content (AvgIpc) is 2.28. The van der Waals surface area contributed by atoms with Crippen molar-refractivity contribution in [1.82, 2.24) is 4.98 Å². The molecule has 90 valence electrons. The van der Waals surface area contributed by atoms with Crippen LogP contribution >= 0.6 is 0 Å². The lowest BCUT2D eigenvalue weighted by molar-refractivity contribution is -0.0749. The number of methoxy groups -OCH3 is 1. The van der Waals surface area contributed by atoms with E-state index >= 15 is 0 Å². The predicted octanol–water partition coefficient (Wildman–Crippen LogP) is 3.47. The molecule has 0 aliphatic rings. The molecule has 0 radical (unpaired) electrons. The van der Waals surface area contributed by atoms with E-state index in [1.54, 1.807) is 20.8 Å². The van der Waals surface area contributed by atoms with Crippen LogP contribution in [0.2, 0.25) is 0 Å². The molecule has 0 saturated carbocycles. The first-order valence-electron chi connectivity index (χ1n) is 5.28. The Kier molecular flexibility index (Phi) is 3.83. The third kappa shape index (κ3) is 2.49. The molecule has 1 heterocycles. The second kappa shape index (κ2) is 4.76. The van der Waals surface area contributed by atoms with Crippen LogP contribution in [0.25, 0.3) is 0 Å². The van der Waals surface area contributed by atoms with E-state index in [0.717, 1.165) is 0 Å². The summed E-state index contributed by atoms with van der Waals surface area (Å²) in [5.74, 6) is -3.32. The molecule has 4 heteroatoms. The highest BCUT2D eigenvalue weighted by Gasteiger charge is 2.40. The summed E-state index contributed by atoms with van der Waals surface area (Å²) in [5, 5.41) is 0. The van der Waals surface area contributed by atoms with Crippen LogP contribution in [0.3, 0.4) is 0 Å². The molecule has 0 aromatic carbocycles. The van der Waals surface area contributed by atoms with Gasteiger partial charge in [-0.15, -0.1) is 0 Å². The van der Waals surface area contributed by atoms with Crippen molar-refractivity contribution < 1.29 is 13.5 Å². The molecule has 1 aromatic rings. The van der Waals surface area contributed by atoms with Gasteiger partial charge in [-0.3, -0.25) is 0 Å². The summed E-state index contributed by atoms with van der Waals surface area (Å²) in [6.07, 6.45) is 1.18. The van der Waals surface area contributed by atoms with E-state index < -0.39 is 11.8 Å². The average molecular weight is 229 g/mol. The monoisotopic (exact) mass is 229 g/mol. The van der Waals surface area contributed by atoms with Gasteiger partial charge in [0.05, 0.1) is 7.11 Å². The van der Waals surface area contributed by atoms with Gasteiger partial charge < -0.3 is 4.74 Å².